The molecule has 39 heavy (non-hydrogen) atoms. The first kappa shape index (κ1) is 33.3. The highest BCUT2D eigenvalue weighted by molar-refractivity contribution is 6.78. The van der Waals surface area contributed by atoms with Gasteiger partial charge in [0, 0.05) is 5.41 Å². The molecule has 0 radical (unpaired) electrons. The van der Waals surface area contributed by atoms with Crippen LogP contribution in [-0.2, 0) is 5.41 Å². The Morgan fingerprint density at radius 1 is 0.513 bits per heavy atom. The second-order valence-corrected chi connectivity index (χ2v) is 24.7. The minimum Gasteiger partial charge on any atom is -0.541 e. The van der Waals surface area contributed by atoms with E-state index in [1.165, 1.54) is 0 Å². The van der Waals surface area contributed by atoms with Crippen LogP contribution in [0.2, 0.25) is 33.2 Å². The number of anilines is 2. The molecule has 0 aliphatic rings. The molecule has 220 valence electrons. The van der Waals surface area contributed by atoms with Gasteiger partial charge in [-0.05, 0) is 68.6 Å². The topological polar surface area (TPSA) is 70.5 Å². The van der Waals surface area contributed by atoms with Crippen LogP contribution < -0.4 is 20.3 Å². The van der Waals surface area contributed by atoms with Crippen molar-refractivity contribution in [3.63, 3.8) is 0 Å². The van der Waals surface area contributed by atoms with Crippen molar-refractivity contribution >= 4 is 28.0 Å². The van der Waals surface area contributed by atoms with Crippen LogP contribution in [0.3, 0.4) is 0 Å². The summed E-state index contributed by atoms with van der Waals surface area (Å²) < 4.78 is 13.8. The Bertz CT molecular complexity index is 978. The van der Waals surface area contributed by atoms with Gasteiger partial charge in [0.1, 0.15) is 11.5 Å². The van der Waals surface area contributed by atoms with Crippen molar-refractivity contribution in [1.82, 2.24) is 0 Å². The van der Waals surface area contributed by atoms with Crippen molar-refractivity contribution in [1.29, 1.82) is 0 Å². The van der Waals surface area contributed by atoms with E-state index in [0.29, 0.717) is 44.6 Å². The summed E-state index contributed by atoms with van der Waals surface area (Å²) in [5.41, 5.74) is 19.7. The van der Waals surface area contributed by atoms with Gasteiger partial charge >= 0.3 is 0 Å². The number of hydrogen-bond donors (Lipinski definition) is 2. The lowest BCUT2D eigenvalue weighted by molar-refractivity contribution is 0.480. The zero-order valence-corrected chi connectivity index (χ0v) is 29.4. The molecule has 0 aliphatic carbocycles. The molecule has 4 nitrogen and oxygen atoms in total. The first-order valence-electron chi connectivity index (χ1n) is 15.0. The van der Waals surface area contributed by atoms with Gasteiger partial charge in [-0.1, -0.05) is 109 Å². The summed E-state index contributed by atoms with van der Waals surface area (Å²) in [4.78, 5) is 0. The normalized spacial score (nSPS) is 13.4. The summed E-state index contributed by atoms with van der Waals surface area (Å²) >= 11 is 0. The second-order valence-electron chi connectivity index (χ2n) is 14.0. The van der Waals surface area contributed by atoms with Crippen molar-refractivity contribution in [2.45, 2.75) is 136 Å². The van der Waals surface area contributed by atoms with Crippen molar-refractivity contribution in [3.8, 4) is 11.5 Å². The SMILES string of the molecule is CC(C)[Si](Oc1ccc(C(C)(C)c2ccc(O[Si](C(C)C)(C(C)C)C(C)C)c(N)c2)cc1N)(C(C)C)C(C)C. The quantitative estimate of drug-likeness (QED) is 0.197. The molecule has 6 heteroatoms. The first-order chi connectivity index (χ1) is 17.8. The second kappa shape index (κ2) is 12.3. The molecule has 2 aromatic rings. The Hall–Kier alpha value is -1.93. The third-order valence-corrected chi connectivity index (χ3v) is 21.4. The molecule has 0 aliphatic heterocycles. The average Bonchev–Trinajstić information content (AvgIpc) is 2.80. The summed E-state index contributed by atoms with van der Waals surface area (Å²) in [7, 11) is -4.18. The number of nitrogen functional groups attached to an aromatic ring is 2. The van der Waals surface area contributed by atoms with Crippen molar-refractivity contribution in [2.75, 3.05) is 11.5 Å². The molecular formula is C33H58N2O2Si2. The molecule has 0 fully saturated rings. The van der Waals surface area contributed by atoms with Gasteiger partial charge in [0.2, 0.25) is 0 Å². The van der Waals surface area contributed by atoms with Crippen molar-refractivity contribution in [2.24, 2.45) is 0 Å². The van der Waals surface area contributed by atoms with Crippen LogP contribution in [0.5, 0.6) is 11.5 Å². The maximum Gasteiger partial charge on any atom is 0.258 e. The molecule has 4 N–H and O–H groups in total. The molecule has 2 rings (SSSR count). The monoisotopic (exact) mass is 570 g/mol. The summed E-state index contributed by atoms with van der Waals surface area (Å²) in [6, 6.07) is 12.7. The summed E-state index contributed by atoms with van der Waals surface area (Å²) in [5, 5.41) is 0. The smallest absolute Gasteiger partial charge is 0.258 e. The molecule has 0 aromatic heterocycles. The predicted octanol–water partition coefficient (Wildman–Crippen LogP) is 10.3. The third-order valence-electron chi connectivity index (χ3n) is 9.45. The highest BCUT2D eigenvalue weighted by Gasteiger charge is 2.48. The van der Waals surface area contributed by atoms with Crippen molar-refractivity contribution < 1.29 is 8.85 Å². The van der Waals surface area contributed by atoms with Gasteiger partial charge in [-0.2, -0.15) is 0 Å². The highest BCUT2D eigenvalue weighted by Crippen LogP contribution is 2.46. The fourth-order valence-corrected chi connectivity index (χ4v) is 17.9. The Morgan fingerprint density at radius 3 is 0.974 bits per heavy atom. The maximum absolute atomic E-state index is 6.91. The van der Waals surface area contributed by atoms with Crippen LogP contribution in [0.1, 0.15) is 108 Å². The predicted molar refractivity (Wildman–Crippen MR) is 177 cm³/mol. The minimum absolute atomic E-state index is 0.287. The molecule has 0 bridgehead atoms. The number of benzene rings is 2. The Balaban J connectivity index is 2.45. The maximum atomic E-state index is 6.91. The zero-order chi connectivity index (χ0) is 30.1. The van der Waals surface area contributed by atoms with Gasteiger partial charge in [0.05, 0.1) is 11.4 Å². The number of hydrogen-bond acceptors (Lipinski definition) is 4. The Kier molecular flexibility index (Phi) is 10.5. The molecule has 0 unspecified atom stereocenters. The van der Waals surface area contributed by atoms with E-state index in [-0.39, 0.29) is 5.41 Å². The standard InChI is InChI=1S/C33H58N2O2Si2/c1-21(2)38(22(3)4,23(5)6)36-31-17-15-27(19-29(31)34)33(13,14)28-16-18-32(30(35)20-28)37-39(24(7)8,25(9)10)26(11)12/h15-26H,34-35H2,1-14H3. The van der Waals surface area contributed by atoms with Crippen LogP contribution in [0, 0.1) is 0 Å². The average molecular weight is 571 g/mol. The summed E-state index contributed by atoms with van der Waals surface area (Å²) in [5.74, 6) is 1.64. The van der Waals surface area contributed by atoms with Crippen LogP contribution >= 0.6 is 0 Å². The Labute approximate surface area is 242 Å². The molecule has 0 atom stereocenters. The van der Waals surface area contributed by atoms with Crippen molar-refractivity contribution in [3.05, 3.63) is 47.5 Å². The Morgan fingerprint density at radius 2 is 0.769 bits per heavy atom. The van der Waals surface area contributed by atoms with E-state index in [9.17, 15) is 0 Å². The molecule has 2 aromatic carbocycles. The van der Waals surface area contributed by atoms with E-state index in [1.807, 2.05) is 0 Å². The van der Waals surface area contributed by atoms with E-state index in [2.05, 4.69) is 133 Å². The summed E-state index contributed by atoms with van der Waals surface area (Å²) in [6.07, 6.45) is 0. The lowest BCUT2D eigenvalue weighted by atomic mass is 9.78. The number of rotatable bonds is 12. The minimum atomic E-state index is -2.09. The highest BCUT2D eigenvalue weighted by atomic mass is 28.4. The molecule has 0 amide bonds. The number of nitrogens with two attached hydrogens (primary N) is 2. The lowest BCUT2D eigenvalue weighted by Gasteiger charge is -2.42. The van der Waals surface area contributed by atoms with Gasteiger partial charge in [-0.3, -0.25) is 0 Å². The van der Waals surface area contributed by atoms with Gasteiger partial charge < -0.3 is 20.3 Å². The van der Waals surface area contributed by atoms with Crippen LogP contribution in [-0.4, -0.2) is 16.6 Å². The first-order valence-corrected chi connectivity index (χ1v) is 19.3. The van der Waals surface area contributed by atoms with E-state index in [1.54, 1.807) is 0 Å². The lowest BCUT2D eigenvalue weighted by Crippen LogP contribution is -2.50. The van der Waals surface area contributed by atoms with Gasteiger partial charge in [-0.15, -0.1) is 0 Å². The van der Waals surface area contributed by atoms with Crippen LogP contribution in [0.4, 0.5) is 11.4 Å². The van der Waals surface area contributed by atoms with Gasteiger partial charge in [-0.25, -0.2) is 0 Å². The fraction of sp³-hybridized carbons (Fsp3) is 0.636. The largest absolute Gasteiger partial charge is 0.541 e. The summed E-state index contributed by atoms with van der Waals surface area (Å²) in [6.45, 7) is 32.0. The molecule has 0 heterocycles. The van der Waals surface area contributed by atoms with Crippen LogP contribution in [0.25, 0.3) is 0 Å². The molecule has 0 spiro atoms. The molecular weight excluding hydrogens is 513 g/mol. The molecule has 0 saturated heterocycles. The van der Waals surface area contributed by atoms with Gasteiger partial charge in [0.25, 0.3) is 16.6 Å². The van der Waals surface area contributed by atoms with E-state index >= 15 is 0 Å². The fourth-order valence-electron chi connectivity index (χ4n) is 7.32. The third kappa shape index (κ3) is 6.22. The van der Waals surface area contributed by atoms with E-state index < -0.39 is 16.6 Å². The molecule has 0 saturated carbocycles. The van der Waals surface area contributed by atoms with E-state index in [0.717, 1.165) is 22.6 Å². The zero-order valence-electron chi connectivity index (χ0n) is 27.4. The van der Waals surface area contributed by atoms with E-state index in [4.69, 9.17) is 20.3 Å². The van der Waals surface area contributed by atoms with Crippen LogP contribution in [0.15, 0.2) is 36.4 Å². The van der Waals surface area contributed by atoms with Gasteiger partial charge in [0.15, 0.2) is 0 Å².